The molecule has 1 aliphatic heterocycles. The number of hydrazone groups is 1. The van der Waals surface area contributed by atoms with Crippen LogP contribution in [0.2, 0.25) is 0 Å². The van der Waals surface area contributed by atoms with Crippen LogP contribution in [0.15, 0.2) is 33.9 Å². The number of hydrogen-bond acceptors (Lipinski definition) is 5. The molecule has 6 rings (SSSR count). The van der Waals surface area contributed by atoms with E-state index in [1.165, 1.54) is 6.21 Å². The highest BCUT2D eigenvalue weighted by Gasteiger charge is 2.67. The normalized spacial score (nSPS) is 34.8. The van der Waals surface area contributed by atoms with Crippen LogP contribution in [0.25, 0.3) is 0 Å². The van der Waals surface area contributed by atoms with Gasteiger partial charge in [-0.1, -0.05) is 12.2 Å². The smallest absolute Gasteiger partial charge is 0.254 e. The SMILES string of the molecule is CCOc1c(Br)cc(C=NN2C(=O)C3C4C=CC(C5CC45)C3C2=O)cc1OC. The van der Waals surface area contributed by atoms with Gasteiger partial charge in [0, 0.05) is 0 Å². The van der Waals surface area contributed by atoms with Crippen LogP contribution in [0, 0.1) is 35.5 Å². The van der Waals surface area contributed by atoms with Crippen molar-refractivity contribution >= 4 is 34.0 Å². The number of rotatable bonds is 5. The molecule has 28 heavy (non-hydrogen) atoms. The first kappa shape index (κ1) is 17.9. The van der Waals surface area contributed by atoms with Crippen molar-refractivity contribution in [2.24, 2.45) is 40.6 Å². The summed E-state index contributed by atoms with van der Waals surface area (Å²) in [6.07, 6.45) is 7.00. The number of nitrogens with zero attached hydrogens (tertiary/aromatic N) is 2. The Morgan fingerprint density at radius 1 is 1.18 bits per heavy atom. The van der Waals surface area contributed by atoms with Crippen molar-refractivity contribution in [3.8, 4) is 11.5 Å². The van der Waals surface area contributed by atoms with Crippen molar-refractivity contribution in [2.45, 2.75) is 13.3 Å². The molecule has 2 saturated carbocycles. The lowest BCUT2D eigenvalue weighted by Gasteiger charge is -2.37. The molecule has 0 aromatic heterocycles. The number of ether oxygens (including phenoxy) is 2. The van der Waals surface area contributed by atoms with Gasteiger partial charge in [-0.15, -0.1) is 0 Å². The van der Waals surface area contributed by atoms with Gasteiger partial charge in [-0.05, 0) is 70.6 Å². The number of halogens is 1. The number of benzene rings is 1. The molecule has 1 aromatic rings. The lowest BCUT2D eigenvalue weighted by molar-refractivity contribution is -0.140. The van der Waals surface area contributed by atoms with E-state index in [0.717, 1.165) is 15.9 Å². The lowest BCUT2D eigenvalue weighted by atomic mass is 9.63. The van der Waals surface area contributed by atoms with Crippen LogP contribution in [-0.4, -0.2) is 36.8 Å². The van der Waals surface area contributed by atoms with Crippen molar-refractivity contribution in [3.63, 3.8) is 0 Å². The van der Waals surface area contributed by atoms with Gasteiger partial charge in [0.15, 0.2) is 11.5 Å². The van der Waals surface area contributed by atoms with Gasteiger partial charge in [0.25, 0.3) is 11.8 Å². The predicted molar refractivity (Wildman–Crippen MR) is 106 cm³/mol. The molecule has 0 spiro atoms. The zero-order valence-electron chi connectivity index (χ0n) is 15.7. The summed E-state index contributed by atoms with van der Waals surface area (Å²) in [4.78, 5) is 25.9. The van der Waals surface area contributed by atoms with Crippen molar-refractivity contribution in [1.82, 2.24) is 5.01 Å². The lowest BCUT2D eigenvalue weighted by Crippen LogP contribution is -2.40. The number of amides is 2. The van der Waals surface area contributed by atoms with Gasteiger partial charge in [-0.25, -0.2) is 0 Å². The first-order valence-corrected chi connectivity index (χ1v) is 10.4. The Morgan fingerprint density at radius 2 is 1.82 bits per heavy atom. The van der Waals surface area contributed by atoms with E-state index in [2.05, 4.69) is 33.2 Å². The molecule has 4 aliphatic carbocycles. The van der Waals surface area contributed by atoms with Crippen LogP contribution >= 0.6 is 15.9 Å². The maximum absolute atomic E-state index is 13.0. The van der Waals surface area contributed by atoms with E-state index in [1.54, 1.807) is 13.2 Å². The summed E-state index contributed by atoms with van der Waals surface area (Å²) in [5.74, 6) is 1.98. The number of imide groups is 1. The van der Waals surface area contributed by atoms with Gasteiger partial charge < -0.3 is 9.47 Å². The third-order valence-electron chi connectivity index (χ3n) is 6.50. The monoisotopic (exact) mass is 444 g/mol. The van der Waals surface area contributed by atoms with Crippen molar-refractivity contribution in [2.75, 3.05) is 13.7 Å². The van der Waals surface area contributed by atoms with Crippen LogP contribution < -0.4 is 9.47 Å². The summed E-state index contributed by atoms with van der Waals surface area (Å²) in [5.41, 5.74) is 0.714. The molecule has 3 fully saturated rings. The minimum atomic E-state index is -0.231. The van der Waals surface area contributed by atoms with Crippen LogP contribution in [-0.2, 0) is 9.59 Å². The predicted octanol–water partition coefficient (Wildman–Crippen LogP) is 3.24. The Kier molecular flexibility index (Phi) is 4.12. The summed E-state index contributed by atoms with van der Waals surface area (Å²) < 4.78 is 11.7. The Morgan fingerprint density at radius 3 is 2.39 bits per heavy atom. The highest BCUT2D eigenvalue weighted by Crippen LogP contribution is 2.65. The van der Waals surface area contributed by atoms with E-state index in [0.29, 0.717) is 35.5 Å². The highest BCUT2D eigenvalue weighted by atomic mass is 79.9. The second kappa shape index (κ2) is 6.44. The van der Waals surface area contributed by atoms with Gasteiger partial charge in [-0.2, -0.15) is 10.1 Å². The Bertz CT molecular complexity index is 891. The van der Waals surface area contributed by atoms with Crippen molar-refractivity contribution < 1.29 is 19.1 Å². The van der Waals surface area contributed by atoms with E-state index in [1.807, 2.05) is 13.0 Å². The summed E-state index contributed by atoms with van der Waals surface area (Å²) in [5, 5.41) is 5.36. The van der Waals surface area contributed by atoms with Gasteiger partial charge in [0.05, 0.1) is 36.2 Å². The van der Waals surface area contributed by atoms with Crippen molar-refractivity contribution in [3.05, 3.63) is 34.3 Å². The molecule has 6 nitrogen and oxygen atoms in total. The fourth-order valence-corrected chi connectivity index (χ4v) is 5.85. The Hall–Kier alpha value is -2.15. The molecule has 146 valence electrons. The largest absolute Gasteiger partial charge is 0.493 e. The minimum Gasteiger partial charge on any atom is -0.493 e. The first-order chi connectivity index (χ1) is 13.5. The van der Waals surface area contributed by atoms with Gasteiger partial charge in [0.2, 0.25) is 0 Å². The molecular weight excluding hydrogens is 424 g/mol. The molecule has 6 atom stereocenters. The quantitative estimate of drug-likeness (QED) is 0.397. The maximum Gasteiger partial charge on any atom is 0.254 e. The van der Waals surface area contributed by atoms with E-state index >= 15 is 0 Å². The number of allylic oxidation sites excluding steroid dienone is 2. The average molecular weight is 445 g/mol. The molecule has 1 heterocycles. The fraction of sp³-hybridized carbons (Fsp3) is 0.476. The van der Waals surface area contributed by atoms with Crippen molar-refractivity contribution in [1.29, 1.82) is 0 Å². The maximum atomic E-state index is 13.0. The average Bonchev–Trinajstić information content (AvgIpc) is 3.47. The topological polar surface area (TPSA) is 68.2 Å². The summed E-state index contributed by atoms with van der Waals surface area (Å²) in [7, 11) is 1.57. The Balaban J connectivity index is 1.41. The van der Waals surface area contributed by atoms with E-state index < -0.39 is 0 Å². The summed E-state index contributed by atoms with van der Waals surface area (Å²) in [6.45, 7) is 2.41. The third-order valence-corrected chi connectivity index (χ3v) is 7.09. The first-order valence-electron chi connectivity index (χ1n) is 9.65. The minimum absolute atomic E-state index is 0.159. The summed E-state index contributed by atoms with van der Waals surface area (Å²) in [6, 6.07) is 3.60. The zero-order valence-corrected chi connectivity index (χ0v) is 17.3. The van der Waals surface area contributed by atoms with Gasteiger partial charge >= 0.3 is 0 Å². The zero-order chi connectivity index (χ0) is 19.6. The molecule has 7 heteroatoms. The van der Waals surface area contributed by atoms with E-state index in [-0.39, 0.29) is 35.5 Å². The molecule has 5 aliphatic rings. The van der Waals surface area contributed by atoms with Crippen LogP contribution in [0.3, 0.4) is 0 Å². The van der Waals surface area contributed by atoms with E-state index in [9.17, 15) is 9.59 Å². The second-order valence-corrected chi connectivity index (χ2v) is 8.71. The standard InChI is InChI=1S/C21H21BrN2O4/c1-3-28-19-15(22)6-10(7-16(19)27-2)9-23-24-20(25)17-11-4-5-12(14-8-13(11)14)18(17)21(24)26/h4-7,9,11-14,17-18H,3,8H2,1-2H3. The molecule has 1 aromatic carbocycles. The van der Waals surface area contributed by atoms with Crippen LogP contribution in [0.1, 0.15) is 18.9 Å². The number of carbonyl (C=O) groups is 2. The van der Waals surface area contributed by atoms with Crippen LogP contribution in [0.5, 0.6) is 11.5 Å². The fourth-order valence-electron chi connectivity index (χ4n) is 5.28. The number of carbonyl (C=O) groups excluding carboxylic acids is 2. The number of methoxy groups -OCH3 is 1. The summed E-state index contributed by atoms with van der Waals surface area (Å²) >= 11 is 3.48. The molecular formula is C21H21BrN2O4. The molecule has 1 saturated heterocycles. The highest BCUT2D eigenvalue weighted by molar-refractivity contribution is 9.10. The van der Waals surface area contributed by atoms with Gasteiger partial charge in [0.1, 0.15) is 0 Å². The van der Waals surface area contributed by atoms with E-state index in [4.69, 9.17) is 9.47 Å². The number of hydrogen-bond donors (Lipinski definition) is 0. The third kappa shape index (κ3) is 2.48. The molecule has 2 amide bonds. The molecule has 0 N–H and O–H groups in total. The van der Waals surface area contributed by atoms with Gasteiger partial charge in [-0.3, -0.25) is 9.59 Å². The molecule has 2 bridgehead atoms. The van der Waals surface area contributed by atoms with Crippen LogP contribution in [0.4, 0.5) is 0 Å². The second-order valence-electron chi connectivity index (χ2n) is 7.85. The molecule has 0 radical (unpaired) electrons. The Labute approximate surface area is 171 Å². The molecule has 6 unspecified atom stereocenters.